The Morgan fingerprint density at radius 1 is 1.22 bits per heavy atom. The van der Waals surface area contributed by atoms with Crippen LogP contribution < -0.4 is 5.73 Å². The highest BCUT2D eigenvalue weighted by Gasteiger charge is 2.37. The second kappa shape index (κ2) is 9.45. The van der Waals surface area contributed by atoms with Crippen LogP contribution in [-0.2, 0) is 16.1 Å². The summed E-state index contributed by atoms with van der Waals surface area (Å²) in [6.07, 6.45) is 1.47. The number of hydrogen-bond acceptors (Lipinski definition) is 6. The molecule has 2 N–H and O–H groups in total. The van der Waals surface area contributed by atoms with E-state index in [9.17, 15) is 18.4 Å². The Balaban J connectivity index is 1.40. The summed E-state index contributed by atoms with van der Waals surface area (Å²) in [5.41, 5.74) is 6.73. The van der Waals surface area contributed by atoms with Gasteiger partial charge in [-0.05, 0) is 18.1 Å². The van der Waals surface area contributed by atoms with Gasteiger partial charge in [0.1, 0.15) is 24.0 Å². The van der Waals surface area contributed by atoms with Gasteiger partial charge in [-0.1, -0.05) is 13.8 Å². The summed E-state index contributed by atoms with van der Waals surface area (Å²) in [7, 11) is 0. The van der Waals surface area contributed by atoms with E-state index >= 15 is 0 Å². The van der Waals surface area contributed by atoms with Crippen LogP contribution >= 0.6 is 0 Å². The van der Waals surface area contributed by atoms with E-state index in [-0.39, 0.29) is 53.0 Å². The van der Waals surface area contributed by atoms with Gasteiger partial charge in [-0.3, -0.25) is 14.3 Å². The molecule has 36 heavy (non-hydrogen) atoms. The van der Waals surface area contributed by atoms with Crippen LogP contribution in [-0.4, -0.2) is 75.3 Å². The molecular formula is C25H28F2N6O3. The Morgan fingerprint density at radius 3 is 2.72 bits per heavy atom. The number of ether oxygens (including phenoxy) is 1. The van der Waals surface area contributed by atoms with Crippen molar-refractivity contribution in [1.82, 2.24) is 24.6 Å². The Hall–Kier alpha value is -3.60. The van der Waals surface area contributed by atoms with Gasteiger partial charge in [-0.25, -0.2) is 13.8 Å². The molecule has 0 saturated carbocycles. The minimum atomic E-state index is -0.743. The van der Waals surface area contributed by atoms with Crippen LogP contribution in [0.25, 0.3) is 10.9 Å². The lowest BCUT2D eigenvalue weighted by molar-refractivity contribution is -0.142. The van der Waals surface area contributed by atoms with Crippen LogP contribution in [0.5, 0.6) is 0 Å². The normalized spacial score (nSPS) is 18.6. The number of hydrogen-bond donors (Lipinski definition) is 1. The summed E-state index contributed by atoms with van der Waals surface area (Å²) >= 11 is 0. The highest BCUT2D eigenvalue weighted by molar-refractivity contribution is 5.95. The molecule has 2 fully saturated rings. The molecule has 11 heteroatoms. The number of amides is 2. The number of carbonyl (C=O) groups is 2. The Bertz CT molecular complexity index is 1320. The predicted octanol–water partition coefficient (Wildman–Crippen LogP) is 2.41. The molecule has 1 aromatic carbocycles. The molecule has 5 rings (SSSR count). The lowest BCUT2D eigenvalue weighted by atomic mass is 9.93. The smallest absolute Gasteiger partial charge is 0.254 e. The van der Waals surface area contributed by atoms with Gasteiger partial charge in [0, 0.05) is 49.4 Å². The van der Waals surface area contributed by atoms with Crippen molar-refractivity contribution in [3.05, 3.63) is 53.4 Å². The minimum Gasteiger partial charge on any atom is -0.384 e. The predicted molar refractivity (Wildman–Crippen MR) is 128 cm³/mol. The number of rotatable bonds is 5. The van der Waals surface area contributed by atoms with Crippen LogP contribution in [0.4, 0.5) is 14.6 Å². The van der Waals surface area contributed by atoms with Crippen molar-refractivity contribution >= 4 is 28.5 Å². The molecule has 9 nitrogen and oxygen atoms in total. The first kappa shape index (κ1) is 24.1. The van der Waals surface area contributed by atoms with E-state index in [1.165, 1.54) is 23.0 Å². The molecule has 4 heterocycles. The molecule has 2 aliphatic heterocycles. The van der Waals surface area contributed by atoms with E-state index in [0.29, 0.717) is 44.1 Å². The largest absolute Gasteiger partial charge is 0.384 e. The fraction of sp³-hybridized carbons (Fsp3) is 0.440. The number of pyridine rings is 1. The number of anilines is 1. The summed E-state index contributed by atoms with van der Waals surface area (Å²) in [6.45, 7) is 5.88. The molecule has 2 aromatic heterocycles. The number of benzene rings is 1. The maximum atomic E-state index is 15.0. The van der Waals surface area contributed by atoms with Gasteiger partial charge in [0.2, 0.25) is 5.91 Å². The number of nitrogens with two attached hydrogens (primary N) is 1. The number of nitrogen functional groups attached to an aromatic ring is 1. The van der Waals surface area contributed by atoms with E-state index in [1.807, 2.05) is 13.8 Å². The van der Waals surface area contributed by atoms with E-state index in [0.717, 1.165) is 6.07 Å². The average Bonchev–Trinajstić information content (AvgIpc) is 3.15. The van der Waals surface area contributed by atoms with Gasteiger partial charge >= 0.3 is 0 Å². The van der Waals surface area contributed by atoms with Crippen LogP contribution in [0.3, 0.4) is 0 Å². The Morgan fingerprint density at radius 2 is 2.00 bits per heavy atom. The highest BCUT2D eigenvalue weighted by atomic mass is 19.1. The fourth-order valence-electron chi connectivity index (χ4n) is 4.94. The third kappa shape index (κ3) is 4.39. The molecule has 2 aliphatic rings. The van der Waals surface area contributed by atoms with Crippen molar-refractivity contribution in [3.63, 3.8) is 0 Å². The minimum absolute atomic E-state index is 0.0746. The average molecular weight is 499 g/mol. The standard InChI is InChI=1S/C25H28F2N6O3/c1-14(2)20-13-36-6-5-32(20)22(34)12-33-19-9-17(26)8-18(27)23(19)24(30-33)16-10-31(11-16)25(35)15-3-4-29-21(28)7-15/h3-4,7-9,14,16,20H,5-6,10-13H2,1-2H3,(H2,28,29)/t20-/m0/s1. The SMILES string of the molecule is CC(C)[C@@H]1COCCN1C(=O)Cn1nc(C2CN(C(=O)c3ccnc(N)c3)C2)c2c(F)cc(F)cc21. The van der Waals surface area contributed by atoms with Crippen molar-refractivity contribution in [3.8, 4) is 0 Å². The number of likely N-dealkylation sites (tertiary alicyclic amines) is 1. The number of halogens is 2. The number of fused-ring (bicyclic) bond motifs is 1. The van der Waals surface area contributed by atoms with Crippen molar-refractivity contribution in [2.45, 2.75) is 32.4 Å². The van der Waals surface area contributed by atoms with Gasteiger partial charge in [0.05, 0.1) is 35.9 Å². The quantitative estimate of drug-likeness (QED) is 0.579. The zero-order chi connectivity index (χ0) is 25.6. The third-order valence-corrected chi connectivity index (χ3v) is 6.92. The zero-order valence-corrected chi connectivity index (χ0v) is 20.2. The molecule has 0 bridgehead atoms. The van der Waals surface area contributed by atoms with Crippen molar-refractivity contribution < 1.29 is 23.1 Å². The molecule has 2 saturated heterocycles. The highest BCUT2D eigenvalue weighted by Crippen LogP contribution is 2.34. The van der Waals surface area contributed by atoms with Crippen molar-refractivity contribution in [2.75, 3.05) is 38.6 Å². The molecule has 0 aliphatic carbocycles. The summed E-state index contributed by atoms with van der Waals surface area (Å²) in [5.74, 6) is -1.68. The lowest BCUT2D eigenvalue weighted by Crippen LogP contribution is -2.52. The molecular weight excluding hydrogens is 470 g/mol. The van der Waals surface area contributed by atoms with Gasteiger partial charge in [-0.2, -0.15) is 5.10 Å². The van der Waals surface area contributed by atoms with Crippen LogP contribution in [0.1, 0.15) is 35.8 Å². The number of aromatic nitrogens is 3. The van der Waals surface area contributed by atoms with E-state index in [4.69, 9.17) is 10.5 Å². The van der Waals surface area contributed by atoms with Gasteiger partial charge in [-0.15, -0.1) is 0 Å². The zero-order valence-electron chi connectivity index (χ0n) is 20.2. The number of carbonyl (C=O) groups excluding carboxylic acids is 2. The second-order valence-corrected chi connectivity index (χ2v) is 9.67. The van der Waals surface area contributed by atoms with E-state index in [1.54, 1.807) is 15.9 Å². The summed E-state index contributed by atoms with van der Waals surface area (Å²) in [5, 5.41) is 4.74. The topological polar surface area (TPSA) is 107 Å². The van der Waals surface area contributed by atoms with Crippen molar-refractivity contribution in [1.29, 1.82) is 0 Å². The molecule has 190 valence electrons. The monoisotopic (exact) mass is 498 g/mol. The Kier molecular flexibility index (Phi) is 6.33. The van der Waals surface area contributed by atoms with Gasteiger partial charge in [0.15, 0.2) is 0 Å². The van der Waals surface area contributed by atoms with E-state index < -0.39 is 11.6 Å². The van der Waals surface area contributed by atoms with Crippen LogP contribution in [0, 0.1) is 17.6 Å². The summed E-state index contributed by atoms with van der Waals surface area (Å²) in [4.78, 5) is 33.3. The summed E-state index contributed by atoms with van der Waals surface area (Å²) < 4.78 is 36.0. The second-order valence-electron chi connectivity index (χ2n) is 9.67. The van der Waals surface area contributed by atoms with Crippen LogP contribution in [0.15, 0.2) is 30.5 Å². The molecule has 0 unspecified atom stereocenters. The fourth-order valence-corrected chi connectivity index (χ4v) is 4.94. The van der Waals surface area contributed by atoms with Crippen LogP contribution in [0.2, 0.25) is 0 Å². The maximum absolute atomic E-state index is 15.0. The molecule has 3 aromatic rings. The third-order valence-electron chi connectivity index (χ3n) is 6.92. The number of nitrogens with zero attached hydrogens (tertiary/aromatic N) is 5. The molecule has 0 spiro atoms. The summed E-state index contributed by atoms with van der Waals surface area (Å²) in [6, 6.07) is 5.03. The molecule has 0 radical (unpaired) electrons. The number of morpholine rings is 1. The lowest BCUT2D eigenvalue weighted by Gasteiger charge is -2.38. The Labute approximate surface area is 206 Å². The van der Waals surface area contributed by atoms with Gasteiger partial charge in [0.25, 0.3) is 5.91 Å². The van der Waals surface area contributed by atoms with E-state index in [2.05, 4.69) is 10.1 Å². The first-order valence-corrected chi connectivity index (χ1v) is 12.0. The molecule has 2 amide bonds. The maximum Gasteiger partial charge on any atom is 0.254 e. The first-order chi connectivity index (χ1) is 17.2. The molecule has 1 atom stereocenters. The van der Waals surface area contributed by atoms with Gasteiger partial charge < -0.3 is 20.3 Å². The first-order valence-electron chi connectivity index (χ1n) is 12.0. The van der Waals surface area contributed by atoms with Crippen molar-refractivity contribution in [2.24, 2.45) is 5.92 Å².